The number of hydrogen-bond acceptors (Lipinski definition) is 3. The second-order valence-corrected chi connectivity index (χ2v) is 8.30. The van der Waals surface area contributed by atoms with E-state index in [0.29, 0.717) is 12.8 Å². The minimum absolute atomic E-state index is 0.164. The fourth-order valence-corrected chi connectivity index (χ4v) is 4.77. The average Bonchev–Trinajstić information content (AvgIpc) is 3.23. The van der Waals surface area contributed by atoms with Crippen molar-refractivity contribution in [2.24, 2.45) is 5.73 Å². The van der Waals surface area contributed by atoms with Crippen molar-refractivity contribution in [3.05, 3.63) is 29.6 Å². The first-order chi connectivity index (χ1) is 9.43. The highest BCUT2D eigenvalue weighted by atomic mass is 32.2. The highest BCUT2D eigenvalue weighted by Crippen LogP contribution is 2.38. The van der Waals surface area contributed by atoms with E-state index in [4.69, 9.17) is 5.73 Å². The number of hydrogen-bond donors (Lipinski definition) is 1. The molecule has 2 aliphatic rings. The van der Waals surface area contributed by atoms with E-state index in [2.05, 4.69) is 0 Å². The second-order valence-electron chi connectivity index (χ2n) is 6.11. The Hall–Kier alpha value is -0.940. The van der Waals surface area contributed by atoms with Crippen LogP contribution in [0.4, 0.5) is 4.39 Å². The number of rotatable bonds is 3. The van der Waals surface area contributed by atoms with Crippen molar-refractivity contribution in [3.8, 4) is 0 Å². The van der Waals surface area contributed by atoms with Crippen LogP contribution in [0.3, 0.4) is 0 Å². The van der Waals surface area contributed by atoms with Crippen LogP contribution >= 0.6 is 0 Å². The van der Waals surface area contributed by atoms with Crippen LogP contribution in [0, 0.1) is 5.82 Å². The van der Waals surface area contributed by atoms with Gasteiger partial charge in [-0.1, -0.05) is 25.3 Å². The second kappa shape index (κ2) is 4.81. The molecule has 0 aromatic heterocycles. The number of sulfone groups is 1. The Morgan fingerprint density at radius 1 is 1.15 bits per heavy atom. The Bertz CT molecular complexity index is 617. The zero-order valence-electron chi connectivity index (χ0n) is 11.4. The summed E-state index contributed by atoms with van der Waals surface area (Å²) in [6.45, 7) is 0. The minimum atomic E-state index is -3.48. The van der Waals surface area contributed by atoms with E-state index in [1.54, 1.807) is 6.07 Å². The van der Waals surface area contributed by atoms with E-state index in [-0.39, 0.29) is 10.1 Å². The van der Waals surface area contributed by atoms with Gasteiger partial charge in [0, 0.05) is 5.54 Å². The Kier molecular flexibility index (Phi) is 3.37. The monoisotopic (exact) mass is 297 g/mol. The summed E-state index contributed by atoms with van der Waals surface area (Å²) in [6, 6.07) is 4.44. The summed E-state index contributed by atoms with van der Waals surface area (Å²) in [5, 5.41) is -0.385. The molecule has 20 heavy (non-hydrogen) atoms. The van der Waals surface area contributed by atoms with Gasteiger partial charge in [-0.05, 0) is 43.4 Å². The van der Waals surface area contributed by atoms with Crippen LogP contribution in [-0.4, -0.2) is 13.7 Å². The molecule has 0 saturated heterocycles. The summed E-state index contributed by atoms with van der Waals surface area (Å²) >= 11 is 0. The van der Waals surface area contributed by atoms with E-state index < -0.39 is 21.2 Å². The predicted molar refractivity (Wildman–Crippen MR) is 75.6 cm³/mol. The number of halogens is 1. The van der Waals surface area contributed by atoms with Gasteiger partial charge in [-0.15, -0.1) is 0 Å². The van der Waals surface area contributed by atoms with Gasteiger partial charge in [-0.3, -0.25) is 0 Å². The van der Waals surface area contributed by atoms with Crippen LogP contribution < -0.4 is 5.73 Å². The van der Waals surface area contributed by atoms with Gasteiger partial charge in [0.15, 0.2) is 9.84 Å². The molecule has 1 aromatic rings. The molecule has 3 nitrogen and oxygen atoms in total. The van der Waals surface area contributed by atoms with Crippen molar-refractivity contribution >= 4 is 9.84 Å². The molecule has 3 rings (SSSR count). The van der Waals surface area contributed by atoms with Crippen LogP contribution in [0.25, 0.3) is 0 Å². The molecule has 110 valence electrons. The third kappa shape index (κ3) is 2.37. The fraction of sp³-hybridized carbons (Fsp3) is 0.600. The fourth-order valence-electron chi connectivity index (χ4n) is 3.07. The molecule has 2 saturated carbocycles. The Labute approximate surface area is 119 Å². The highest BCUT2D eigenvalue weighted by Gasteiger charge is 2.39. The molecule has 0 radical (unpaired) electrons. The van der Waals surface area contributed by atoms with Crippen molar-refractivity contribution in [2.75, 3.05) is 0 Å². The van der Waals surface area contributed by atoms with E-state index in [0.717, 1.165) is 37.7 Å². The molecule has 0 aliphatic heterocycles. The summed E-state index contributed by atoms with van der Waals surface area (Å²) in [6.07, 6.45) is 6.20. The van der Waals surface area contributed by atoms with Gasteiger partial charge >= 0.3 is 0 Å². The normalized spacial score (nSPS) is 22.7. The molecule has 0 amide bonds. The van der Waals surface area contributed by atoms with E-state index >= 15 is 0 Å². The zero-order valence-corrected chi connectivity index (χ0v) is 12.3. The van der Waals surface area contributed by atoms with Crippen LogP contribution in [0.1, 0.15) is 50.5 Å². The highest BCUT2D eigenvalue weighted by molar-refractivity contribution is 7.92. The smallest absolute Gasteiger partial charge is 0.184 e. The lowest BCUT2D eigenvalue weighted by Gasteiger charge is -2.34. The van der Waals surface area contributed by atoms with Crippen LogP contribution in [0.2, 0.25) is 0 Å². The summed E-state index contributed by atoms with van der Waals surface area (Å²) in [5.74, 6) is -0.648. The van der Waals surface area contributed by atoms with E-state index in [9.17, 15) is 12.8 Å². The SMILES string of the molecule is NC1(c2ccc(S(=O)(=O)C3CC3)c(F)c2)CCCCC1. The molecule has 0 heterocycles. The maximum absolute atomic E-state index is 14.2. The molecule has 0 spiro atoms. The van der Waals surface area contributed by atoms with Crippen molar-refractivity contribution in [3.63, 3.8) is 0 Å². The summed E-state index contributed by atoms with van der Waals surface area (Å²) in [7, 11) is -3.48. The van der Waals surface area contributed by atoms with Gasteiger partial charge < -0.3 is 5.73 Å². The van der Waals surface area contributed by atoms with Crippen LogP contribution in [0.15, 0.2) is 23.1 Å². The van der Waals surface area contributed by atoms with Gasteiger partial charge in [0.25, 0.3) is 0 Å². The van der Waals surface area contributed by atoms with E-state index in [1.165, 1.54) is 12.1 Å². The molecule has 0 atom stereocenters. The van der Waals surface area contributed by atoms with Crippen LogP contribution in [-0.2, 0) is 15.4 Å². The van der Waals surface area contributed by atoms with E-state index in [1.807, 2.05) is 0 Å². The minimum Gasteiger partial charge on any atom is -0.321 e. The maximum atomic E-state index is 14.2. The summed E-state index contributed by atoms with van der Waals surface area (Å²) < 4.78 is 38.4. The standard InChI is InChI=1S/C15H20FNO2S/c16-13-10-11(15(17)8-2-1-3-9-15)4-7-14(13)20(18,19)12-5-6-12/h4,7,10,12H,1-3,5-6,8-9,17H2. The molecular weight excluding hydrogens is 277 g/mol. The van der Waals surface area contributed by atoms with Gasteiger partial charge in [0.1, 0.15) is 10.7 Å². The number of benzene rings is 1. The first-order valence-electron chi connectivity index (χ1n) is 7.26. The Morgan fingerprint density at radius 2 is 1.80 bits per heavy atom. The Morgan fingerprint density at radius 3 is 2.35 bits per heavy atom. The third-order valence-electron chi connectivity index (χ3n) is 4.52. The largest absolute Gasteiger partial charge is 0.321 e. The Balaban J connectivity index is 1.95. The number of nitrogens with two attached hydrogens (primary N) is 1. The van der Waals surface area contributed by atoms with Crippen molar-refractivity contribution < 1.29 is 12.8 Å². The molecule has 1 aromatic carbocycles. The van der Waals surface area contributed by atoms with Crippen molar-refractivity contribution in [1.29, 1.82) is 0 Å². The molecular formula is C15H20FNO2S. The molecule has 0 bridgehead atoms. The molecule has 2 fully saturated rings. The molecule has 5 heteroatoms. The third-order valence-corrected chi connectivity index (χ3v) is 6.82. The van der Waals surface area contributed by atoms with Gasteiger partial charge in [0.2, 0.25) is 0 Å². The van der Waals surface area contributed by atoms with Gasteiger partial charge in [-0.2, -0.15) is 0 Å². The quantitative estimate of drug-likeness (QED) is 0.933. The van der Waals surface area contributed by atoms with Gasteiger partial charge in [-0.25, -0.2) is 12.8 Å². The zero-order chi connectivity index (χ0) is 14.4. The topological polar surface area (TPSA) is 60.2 Å². The molecule has 2 N–H and O–H groups in total. The maximum Gasteiger partial charge on any atom is 0.184 e. The van der Waals surface area contributed by atoms with Crippen LogP contribution in [0.5, 0.6) is 0 Å². The lowest BCUT2D eigenvalue weighted by atomic mass is 9.77. The molecule has 0 unspecified atom stereocenters. The van der Waals surface area contributed by atoms with Gasteiger partial charge in [0.05, 0.1) is 5.25 Å². The van der Waals surface area contributed by atoms with Crippen molar-refractivity contribution in [2.45, 2.75) is 60.6 Å². The lowest BCUT2D eigenvalue weighted by molar-refractivity contribution is 0.301. The first kappa shape index (κ1) is 14.0. The first-order valence-corrected chi connectivity index (χ1v) is 8.81. The average molecular weight is 297 g/mol. The summed E-state index contributed by atoms with van der Waals surface area (Å²) in [4.78, 5) is -0.164. The molecule has 2 aliphatic carbocycles. The summed E-state index contributed by atoms with van der Waals surface area (Å²) in [5.41, 5.74) is 6.59. The van der Waals surface area contributed by atoms with Crippen molar-refractivity contribution in [1.82, 2.24) is 0 Å². The predicted octanol–water partition coefficient (Wildman–Crippen LogP) is 2.88. The lowest BCUT2D eigenvalue weighted by Crippen LogP contribution is -2.38.